The Balaban J connectivity index is 1.80. The summed E-state index contributed by atoms with van der Waals surface area (Å²) in [5.41, 5.74) is -0.284. The molecular weight excluding hydrogens is 440 g/mol. The number of methoxy groups -OCH3 is 3. The second-order valence-corrected chi connectivity index (χ2v) is 8.37. The number of fused-ring (bicyclic) bond motifs is 1. The fourth-order valence-electron chi connectivity index (χ4n) is 4.93. The van der Waals surface area contributed by atoms with Gasteiger partial charge in [0.1, 0.15) is 11.3 Å². The maximum absolute atomic E-state index is 13.7. The molecule has 0 radical (unpaired) electrons. The number of hydrogen-bond acceptors (Lipinski definition) is 8. The molecule has 2 amide bonds. The number of anilines is 1. The third kappa shape index (κ3) is 3.56. The lowest BCUT2D eigenvalue weighted by atomic mass is 9.80. The van der Waals surface area contributed by atoms with Gasteiger partial charge in [0, 0.05) is 6.04 Å². The molecule has 2 heterocycles. The van der Waals surface area contributed by atoms with Crippen LogP contribution in [0.1, 0.15) is 25.5 Å². The number of carbonyl (C=O) groups excluding carboxylic acids is 3. The van der Waals surface area contributed by atoms with Crippen LogP contribution in [0.3, 0.4) is 0 Å². The fourth-order valence-corrected chi connectivity index (χ4v) is 4.93. The van der Waals surface area contributed by atoms with Crippen LogP contribution in [-0.4, -0.2) is 51.3 Å². The van der Waals surface area contributed by atoms with Crippen molar-refractivity contribution < 1.29 is 33.3 Å². The minimum absolute atomic E-state index is 0.152. The number of benzene rings is 2. The number of carbonyl (C=O) groups is 3. The first kappa shape index (κ1) is 23.6. The predicted octanol–water partition coefficient (Wildman–Crippen LogP) is 2.48. The van der Waals surface area contributed by atoms with Gasteiger partial charge in [-0.15, -0.1) is 0 Å². The number of imide groups is 1. The maximum atomic E-state index is 13.7. The lowest BCUT2D eigenvalue weighted by Crippen LogP contribution is -2.54. The number of nitrogens with zero attached hydrogens (tertiary/aromatic N) is 1. The van der Waals surface area contributed by atoms with Crippen molar-refractivity contribution in [2.24, 2.45) is 11.8 Å². The highest BCUT2D eigenvalue weighted by atomic mass is 16.5. The van der Waals surface area contributed by atoms with Crippen molar-refractivity contribution in [3.8, 4) is 17.2 Å². The van der Waals surface area contributed by atoms with Crippen molar-refractivity contribution in [1.29, 1.82) is 0 Å². The SMILES string of the molecule is CCOC(=O)[C@@]1(C)N[C@@H](c2ccc(OC)c(OC)c2)[C@H]2C(=O)N(c3ccc(OC)cc3)C(=O)[C@@H]21. The molecule has 0 saturated carbocycles. The molecule has 0 unspecified atom stereocenters. The summed E-state index contributed by atoms with van der Waals surface area (Å²) < 4.78 is 21.3. The van der Waals surface area contributed by atoms with Gasteiger partial charge in [0.05, 0.1) is 45.5 Å². The number of amides is 2. The molecule has 0 aliphatic carbocycles. The van der Waals surface area contributed by atoms with Gasteiger partial charge in [-0.25, -0.2) is 4.90 Å². The molecule has 2 fully saturated rings. The molecular formula is C25H28N2O7. The quantitative estimate of drug-likeness (QED) is 0.488. The number of ether oxygens (including phenoxy) is 4. The van der Waals surface area contributed by atoms with Gasteiger partial charge in [-0.3, -0.25) is 19.7 Å². The predicted molar refractivity (Wildman–Crippen MR) is 123 cm³/mol. The van der Waals surface area contributed by atoms with E-state index in [0.717, 1.165) is 4.90 Å². The van der Waals surface area contributed by atoms with Gasteiger partial charge < -0.3 is 18.9 Å². The van der Waals surface area contributed by atoms with Crippen LogP contribution >= 0.6 is 0 Å². The summed E-state index contributed by atoms with van der Waals surface area (Å²) >= 11 is 0. The summed E-state index contributed by atoms with van der Waals surface area (Å²) in [4.78, 5) is 41.6. The Morgan fingerprint density at radius 2 is 1.65 bits per heavy atom. The molecule has 9 heteroatoms. The molecule has 0 bridgehead atoms. The number of esters is 1. The van der Waals surface area contributed by atoms with Crippen LogP contribution in [-0.2, 0) is 19.1 Å². The van der Waals surface area contributed by atoms with Gasteiger partial charge in [-0.2, -0.15) is 0 Å². The van der Waals surface area contributed by atoms with E-state index in [4.69, 9.17) is 18.9 Å². The van der Waals surface area contributed by atoms with Gasteiger partial charge >= 0.3 is 5.97 Å². The van der Waals surface area contributed by atoms with Crippen LogP contribution in [0.25, 0.3) is 0 Å². The van der Waals surface area contributed by atoms with Crippen molar-refractivity contribution in [3.05, 3.63) is 48.0 Å². The molecule has 2 aliphatic heterocycles. The van der Waals surface area contributed by atoms with E-state index in [1.807, 2.05) is 0 Å². The monoisotopic (exact) mass is 468 g/mol. The van der Waals surface area contributed by atoms with Crippen LogP contribution in [0.4, 0.5) is 5.69 Å². The highest BCUT2D eigenvalue weighted by Crippen LogP contribution is 2.50. The second-order valence-electron chi connectivity index (χ2n) is 8.37. The Bertz CT molecular complexity index is 1120. The first-order valence-electron chi connectivity index (χ1n) is 11.0. The highest BCUT2D eigenvalue weighted by Gasteiger charge is 2.67. The topological polar surface area (TPSA) is 103 Å². The molecule has 0 spiro atoms. The fraction of sp³-hybridized carbons (Fsp3) is 0.400. The Morgan fingerprint density at radius 1 is 0.971 bits per heavy atom. The Morgan fingerprint density at radius 3 is 2.24 bits per heavy atom. The highest BCUT2D eigenvalue weighted by molar-refractivity contribution is 6.24. The van der Waals surface area contributed by atoms with Crippen LogP contribution in [0.5, 0.6) is 17.2 Å². The molecule has 9 nitrogen and oxygen atoms in total. The summed E-state index contributed by atoms with van der Waals surface area (Å²) in [6.07, 6.45) is 0. The van der Waals surface area contributed by atoms with Gasteiger partial charge in [0.2, 0.25) is 11.8 Å². The summed E-state index contributed by atoms with van der Waals surface area (Å²) in [6.45, 7) is 3.47. The Hall–Kier alpha value is -3.59. The summed E-state index contributed by atoms with van der Waals surface area (Å²) in [5, 5.41) is 3.25. The van der Waals surface area contributed by atoms with Gasteiger partial charge in [0.25, 0.3) is 0 Å². The minimum Gasteiger partial charge on any atom is -0.497 e. The van der Waals surface area contributed by atoms with E-state index in [1.54, 1.807) is 56.3 Å². The first-order valence-corrected chi connectivity index (χ1v) is 11.0. The van der Waals surface area contributed by atoms with E-state index in [2.05, 4.69) is 5.32 Å². The van der Waals surface area contributed by atoms with Crippen molar-refractivity contribution >= 4 is 23.5 Å². The van der Waals surface area contributed by atoms with E-state index < -0.39 is 35.3 Å². The Labute approximate surface area is 197 Å². The van der Waals surface area contributed by atoms with E-state index in [1.165, 1.54) is 21.3 Å². The van der Waals surface area contributed by atoms with E-state index in [9.17, 15) is 14.4 Å². The van der Waals surface area contributed by atoms with E-state index in [-0.39, 0.29) is 12.5 Å². The minimum atomic E-state index is -1.40. The average Bonchev–Trinajstić information content (AvgIpc) is 3.32. The summed E-state index contributed by atoms with van der Waals surface area (Å²) in [6, 6.07) is 11.3. The summed E-state index contributed by atoms with van der Waals surface area (Å²) in [5.74, 6) is -1.57. The zero-order valence-electron chi connectivity index (χ0n) is 19.8. The molecule has 0 aromatic heterocycles. The summed E-state index contributed by atoms with van der Waals surface area (Å²) in [7, 11) is 4.59. The standard InChI is InChI=1S/C25H28N2O7/c1-6-34-24(30)25(2)20-19(21(26-25)14-7-12-17(32-4)18(13-14)33-5)22(28)27(23(20)29)15-8-10-16(31-3)11-9-15/h7-13,19-21,26H,6H2,1-5H3/t19-,20+,21-,25-/m0/s1. The molecule has 2 aliphatic rings. The number of nitrogens with one attached hydrogen (secondary N) is 1. The zero-order chi connectivity index (χ0) is 24.6. The van der Waals surface area contributed by atoms with Crippen molar-refractivity contribution in [3.63, 3.8) is 0 Å². The molecule has 2 saturated heterocycles. The number of rotatable bonds is 7. The average molecular weight is 469 g/mol. The second kappa shape index (κ2) is 8.98. The van der Waals surface area contributed by atoms with Crippen molar-refractivity contribution in [2.75, 3.05) is 32.8 Å². The molecule has 180 valence electrons. The smallest absolute Gasteiger partial charge is 0.326 e. The Kier molecular flexibility index (Phi) is 6.22. The maximum Gasteiger partial charge on any atom is 0.326 e. The van der Waals surface area contributed by atoms with Gasteiger partial charge in [-0.05, 0) is 55.8 Å². The third-order valence-corrected chi connectivity index (χ3v) is 6.58. The van der Waals surface area contributed by atoms with E-state index in [0.29, 0.717) is 28.5 Å². The van der Waals surface area contributed by atoms with Crippen LogP contribution < -0.4 is 24.4 Å². The normalized spacial score (nSPS) is 25.8. The van der Waals surface area contributed by atoms with Gasteiger partial charge in [0.15, 0.2) is 11.5 Å². The van der Waals surface area contributed by atoms with Gasteiger partial charge in [-0.1, -0.05) is 6.07 Å². The lowest BCUT2D eigenvalue weighted by molar-refractivity contribution is -0.153. The van der Waals surface area contributed by atoms with Crippen LogP contribution in [0.15, 0.2) is 42.5 Å². The lowest BCUT2D eigenvalue weighted by Gasteiger charge is -2.29. The molecule has 2 aromatic rings. The largest absolute Gasteiger partial charge is 0.497 e. The molecule has 34 heavy (non-hydrogen) atoms. The molecule has 1 N–H and O–H groups in total. The van der Waals surface area contributed by atoms with Crippen molar-refractivity contribution in [1.82, 2.24) is 5.32 Å². The molecule has 4 rings (SSSR count). The first-order chi connectivity index (χ1) is 16.3. The van der Waals surface area contributed by atoms with Crippen molar-refractivity contribution in [2.45, 2.75) is 25.4 Å². The zero-order valence-corrected chi connectivity index (χ0v) is 19.8. The third-order valence-electron chi connectivity index (χ3n) is 6.58. The van der Waals surface area contributed by atoms with Crippen LogP contribution in [0.2, 0.25) is 0 Å². The van der Waals surface area contributed by atoms with E-state index >= 15 is 0 Å². The number of hydrogen-bond donors (Lipinski definition) is 1. The van der Waals surface area contributed by atoms with Crippen LogP contribution in [0, 0.1) is 11.8 Å². The molecule has 4 atom stereocenters. The molecule has 2 aromatic carbocycles.